The van der Waals surface area contributed by atoms with Crippen molar-refractivity contribution < 1.29 is 4.39 Å². The number of hydrogen-bond acceptors (Lipinski definition) is 0. The highest BCUT2D eigenvalue weighted by Crippen LogP contribution is 2.01. The van der Waals surface area contributed by atoms with Crippen molar-refractivity contribution in [3.63, 3.8) is 0 Å². The van der Waals surface area contributed by atoms with Gasteiger partial charge in [0.1, 0.15) is 5.82 Å². The molecule has 0 bridgehead atoms. The summed E-state index contributed by atoms with van der Waals surface area (Å²) >= 11 is 0. The molecule has 1 rings (SSSR count). The molecular weight excluding hydrogens is 139 g/mol. The molecule has 0 N–H and O–H groups in total. The van der Waals surface area contributed by atoms with E-state index in [1.165, 1.54) is 6.07 Å². The largest absolute Gasteiger partial charge is 0.207 e. The van der Waals surface area contributed by atoms with Crippen molar-refractivity contribution >= 4 is 0 Å². The van der Waals surface area contributed by atoms with Gasteiger partial charge in [-0.3, -0.25) is 0 Å². The van der Waals surface area contributed by atoms with Gasteiger partial charge in [0, 0.05) is 0 Å². The van der Waals surface area contributed by atoms with Gasteiger partial charge in [-0.1, -0.05) is 39.5 Å². The van der Waals surface area contributed by atoms with Gasteiger partial charge in [0.25, 0.3) is 0 Å². The van der Waals surface area contributed by atoms with E-state index in [1.807, 2.05) is 19.9 Å². The summed E-state index contributed by atoms with van der Waals surface area (Å²) in [7, 11) is 0. The molecule has 0 aromatic heterocycles. The number of halogens is 1. The standard InChI is InChI=1S/C7H7F.C2H6.CH4/c1-6-4-2-3-5-7(6)8;1-2;/h2-5H,1H3;1-2H3;1H4. The Kier molecular flexibility index (Phi) is 8.44. The highest BCUT2D eigenvalue weighted by Gasteiger charge is 1.88. The fourth-order valence-electron chi connectivity index (χ4n) is 0.551. The van der Waals surface area contributed by atoms with Crippen LogP contribution in [0.15, 0.2) is 24.3 Å². The minimum absolute atomic E-state index is 0. The number of benzene rings is 1. The van der Waals surface area contributed by atoms with Crippen molar-refractivity contribution in [1.29, 1.82) is 0 Å². The second-order valence-corrected chi connectivity index (χ2v) is 1.75. The van der Waals surface area contributed by atoms with Crippen LogP contribution in [-0.4, -0.2) is 0 Å². The molecule has 0 aliphatic heterocycles. The predicted molar refractivity (Wildman–Crippen MR) is 49.2 cm³/mol. The van der Waals surface area contributed by atoms with E-state index >= 15 is 0 Å². The van der Waals surface area contributed by atoms with Crippen molar-refractivity contribution in [3.8, 4) is 0 Å². The molecule has 0 spiro atoms. The summed E-state index contributed by atoms with van der Waals surface area (Å²) in [5.41, 5.74) is 0.701. The molecule has 0 aliphatic rings. The van der Waals surface area contributed by atoms with Gasteiger partial charge in [0.15, 0.2) is 0 Å². The second kappa shape index (κ2) is 7.26. The Bertz CT molecular complexity index is 161. The van der Waals surface area contributed by atoms with E-state index in [0.717, 1.165) is 0 Å². The molecule has 1 aromatic rings. The maximum atomic E-state index is 12.3. The Morgan fingerprint density at radius 3 is 1.82 bits per heavy atom. The SMILES string of the molecule is C.CC.Cc1ccccc1F. The lowest BCUT2D eigenvalue weighted by Gasteiger charge is -1.89. The highest BCUT2D eigenvalue weighted by atomic mass is 19.1. The minimum atomic E-state index is -0.132. The van der Waals surface area contributed by atoms with Gasteiger partial charge in [-0.2, -0.15) is 0 Å². The van der Waals surface area contributed by atoms with E-state index in [9.17, 15) is 4.39 Å². The normalized spacial score (nSPS) is 7.27. The predicted octanol–water partition coefficient (Wildman–Crippen LogP) is 3.80. The Morgan fingerprint density at radius 2 is 1.55 bits per heavy atom. The third-order valence-corrected chi connectivity index (χ3v) is 1.08. The Morgan fingerprint density at radius 1 is 1.09 bits per heavy atom. The lowest BCUT2D eigenvalue weighted by molar-refractivity contribution is 0.618. The van der Waals surface area contributed by atoms with Gasteiger partial charge in [0.05, 0.1) is 0 Å². The molecule has 11 heavy (non-hydrogen) atoms. The molecule has 64 valence electrons. The minimum Gasteiger partial charge on any atom is -0.207 e. The van der Waals surface area contributed by atoms with Crippen LogP contribution < -0.4 is 0 Å². The van der Waals surface area contributed by atoms with Gasteiger partial charge in [-0.25, -0.2) is 4.39 Å². The average Bonchev–Trinajstić information content (AvgIpc) is 2.00. The quantitative estimate of drug-likeness (QED) is 0.536. The summed E-state index contributed by atoms with van der Waals surface area (Å²) < 4.78 is 12.3. The molecular formula is C10H17F. The molecule has 0 unspecified atom stereocenters. The van der Waals surface area contributed by atoms with Crippen LogP contribution in [0.1, 0.15) is 26.8 Å². The summed E-state index contributed by atoms with van der Waals surface area (Å²) in [6.45, 7) is 5.75. The van der Waals surface area contributed by atoms with Crippen molar-refractivity contribution in [2.45, 2.75) is 28.2 Å². The summed E-state index contributed by atoms with van der Waals surface area (Å²) in [6, 6.07) is 6.70. The molecule has 0 amide bonds. The zero-order valence-electron chi connectivity index (χ0n) is 6.69. The van der Waals surface area contributed by atoms with Crippen molar-refractivity contribution in [3.05, 3.63) is 35.6 Å². The van der Waals surface area contributed by atoms with Crippen LogP contribution in [0.2, 0.25) is 0 Å². The molecule has 0 atom stereocenters. The van der Waals surface area contributed by atoms with Crippen molar-refractivity contribution in [2.75, 3.05) is 0 Å². The molecule has 0 aliphatic carbocycles. The zero-order chi connectivity index (χ0) is 7.98. The first-order chi connectivity index (χ1) is 4.80. The van der Waals surface area contributed by atoms with E-state index in [4.69, 9.17) is 0 Å². The lowest BCUT2D eigenvalue weighted by Crippen LogP contribution is -1.76. The molecule has 1 aromatic carbocycles. The van der Waals surface area contributed by atoms with Gasteiger partial charge >= 0.3 is 0 Å². The monoisotopic (exact) mass is 156 g/mol. The van der Waals surface area contributed by atoms with E-state index in [1.54, 1.807) is 19.1 Å². The molecule has 0 saturated heterocycles. The first-order valence-electron chi connectivity index (χ1n) is 3.52. The van der Waals surface area contributed by atoms with Crippen LogP contribution in [0.25, 0.3) is 0 Å². The molecule has 1 heteroatoms. The van der Waals surface area contributed by atoms with Crippen LogP contribution in [0.4, 0.5) is 4.39 Å². The molecule has 0 radical (unpaired) electrons. The highest BCUT2D eigenvalue weighted by molar-refractivity contribution is 5.14. The first-order valence-corrected chi connectivity index (χ1v) is 3.52. The fourth-order valence-corrected chi connectivity index (χ4v) is 0.551. The molecule has 0 heterocycles. The second-order valence-electron chi connectivity index (χ2n) is 1.75. The Balaban J connectivity index is 0. The van der Waals surface area contributed by atoms with Crippen LogP contribution in [0, 0.1) is 12.7 Å². The summed E-state index contributed by atoms with van der Waals surface area (Å²) in [4.78, 5) is 0. The van der Waals surface area contributed by atoms with Crippen molar-refractivity contribution in [2.24, 2.45) is 0 Å². The zero-order valence-corrected chi connectivity index (χ0v) is 6.69. The summed E-state index contributed by atoms with van der Waals surface area (Å²) in [5, 5.41) is 0. The Hall–Kier alpha value is -0.850. The topological polar surface area (TPSA) is 0 Å². The van der Waals surface area contributed by atoms with E-state index in [0.29, 0.717) is 5.56 Å². The van der Waals surface area contributed by atoms with E-state index < -0.39 is 0 Å². The molecule has 0 nitrogen and oxygen atoms in total. The summed E-state index contributed by atoms with van der Waals surface area (Å²) in [6.07, 6.45) is 0. The fraction of sp³-hybridized carbons (Fsp3) is 0.400. The van der Waals surface area contributed by atoms with Gasteiger partial charge < -0.3 is 0 Å². The first kappa shape index (κ1) is 12.8. The van der Waals surface area contributed by atoms with E-state index in [-0.39, 0.29) is 13.2 Å². The maximum Gasteiger partial charge on any atom is 0.126 e. The van der Waals surface area contributed by atoms with Crippen LogP contribution in [0.3, 0.4) is 0 Å². The smallest absolute Gasteiger partial charge is 0.126 e. The van der Waals surface area contributed by atoms with Crippen molar-refractivity contribution in [1.82, 2.24) is 0 Å². The van der Waals surface area contributed by atoms with E-state index in [2.05, 4.69) is 0 Å². The van der Waals surface area contributed by atoms with Gasteiger partial charge in [-0.05, 0) is 18.6 Å². The van der Waals surface area contributed by atoms with Gasteiger partial charge in [0.2, 0.25) is 0 Å². The number of rotatable bonds is 0. The maximum absolute atomic E-state index is 12.3. The number of aryl methyl sites for hydroxylation is 1. The third kappa shape index (κ3) is 4.54. The third-order valence-electron chi connectivity index (χ3n) is 1.08. The Labute approximate surface area is 69.1 Å². The molecule has 0 fully saturated rings. The lowest BCUT2D eigenvalue weighted by atomic mass is 10.2. The van der Waals surface area contributed by atoms with Gasteiger partial charge in [-0.15, -0.1) is 0 Å². The molecule has 0 saturated carbocycles. The van der Waals surface area contributed by atoms with Crippen LogP contribution in [-0.2, 0) is 0 Å². The van der Waals surface area contributed by atoms with Crippen LogP contribution in [0.5, 0.6) is 0 Å². The van der Waals surface area contributed by atoms with Crippen LogP contribution >= 0.6 is 0 Å². The summed E-state index contributed by atoms with van der Waals surface area (Å²) in [5.74, 6) is -0.132. The average molecular weight is 156 g/mol. The number of hydrogen-bond donors (Lipinski definition) is 0.